The maximum atomic E-state index is 12.0. The Hall–Kier alpha value is -2.68. The number of nitrogens with zero attached hydrogens (tertiary/aromatic N) is 2. The zero-order valence-corrected chi connectivity index (χ0v) is 15.0. The first kappa shape index (κ1) is 19.6. The molecule has 9 heteroatoms. The normalized spacial score (nSPS) is 19.5. The first-order chi connectivity index (χ1) is 12.5. The number of amidine groups is 1. The van der Waals surface area contributed by atoms with E-state index in [0.29, 0.717) is 18.0 Å². The third-order valence-electron chi connectivity index (χ3n) is 3.51. The predicted molar refractivity (Wildman–Crippen MR) is 100 cm³/mol. The molecule has 1 aromatic rings. The van der Waals surface area contributed by atoms with Crippen molar-refractivity contribution in [2.24, 2.45) is 10.2 Å². The van der Waals surface area contributed by atoms with Crippen LogP contribution in [-0.4, -0.2) is 45.6 Å². The van der Waals surface area contributed by atoms with Crippen LogP contribution in [0.1, 0.15) is 31.7 Å². The molecule has 0 saturated carbocycles. The van der Waals surface area contributed by atoms with Gasteiger partial charge in [-0.15, -0.1) is 5.10 Å². The lowest BCUT2D eigenvalue weighted by Gasteiger charge is -2.14. The van der Waals surface area contributed by atoms with E-state index in [2.05, 4.69) is 20.8 Å². The molecule has 1 aliphatic heterocycles. The Morgan fingerprint density at radius 2 is 2.12 bits per heavy atom. The highest BCUT2D eigenvalue weighted by atomic mass is 32.2. The Labute approximate surface area is 155 Å². The van der Waals surface area contributed by atoms with Crippen molar-refractivity contribution >= 4 is 40.9 Å². The molecule has 2 atom stereocenters. The summed E-state index contributed by atoms with van der Waals surface area (Å²) in [5, 5.41) is 21.6. The fourth-order valence-electron chi connectivity index (χ4n) is 2.24. The highest BCUT2D eigenvalue weighted by Gasteiger charge is 2.33. The van der Waals surface area contributed by atoms with Crippen molar-refractivity contribution in [1.29, 1.82) is 0 Å². The molecule has 1 fully saturated rings. The number of carboxylic acid groups (broad SMARTS) is 1. The van der Waals surface area contributed by atoms with Crippen molar-refractivity contribution in [3.8, 4) is 0 Å². The summed E-state index contributed by atoms with van der Waals surface area (Å²) in [4.78, 5) is 35.0. The monoisotopic (exact) mass is 376 g/mol. The molecule has 1 aromatic carbocycles. The molecular formula is C17H20N4O4S. The molecule has 3 N–H and O–H groups in total. The molecule has 0 spiro atoms. The quantitative estimate of drug-likeness (QED) is 0.467. The summed E-state index contributed by atoms with van der Waals surface area (Å²) in [6.07, 6.45) is 2.41. The molecule has 0 radical (unpaired) electrons. The molecule has 1 heterocycles. The molecular weight excluding hydrogens is 356 g/mol. The molecule has 26 heavy (non-hydrogen) atoms. The van der Waals surface area contributed by atoms with E-state index in [9.17, 15) is 14.4 Å². The van der Waals surface area contributed by atoms with E-state index in [-0.39, 0.29) is 12.3 Å². The maximum absolute atomic E-state index is 12.0. The Morgan fingerprint density at radius 1 is 1.38 bits per heavy atom. The van der Waals surface area contributed by atoms with E-state index >= 15 is 0 Å². The summed E-state index contributed by atoms with van der Waals surface area (Å²) in [5.41, 5.74) is 0.873. The van der Waals surface area contributed by atoms with Crippen LogP contribution < -0.4 is 10.6 Å². The molecule has 0 aromatic heterocycles. The lowest BCUT2D eigenvalue weighted by atomic mass is 10.1. The maximum Gasteiger partial charge on any atom is 0.326 e. The average molecular weight is 376 g/mol. The van der Waals surface area contributed by atoms with Gasteiger partial charge in [-0.05, 0) is 12.0 Å². The van der Waals surface area contributed by atoms with Crippen molar-refractivity contribution in [3.63, 3.8) is 0 Å². The SMILES string of the molecule is CCC[C@H](NC(=O)C[C@@H]1S/C(=N\N=C/c2ccccc2)NC1=O)C(=O)O. The van der Waals surface area contributed by atoms with Crippen molar-refractivity contribution in [3.05, 3.63) is 35.9 Å². The van der Waals surface area contributed by atoms with E-state index in [0.717, 1.165) is 17.3 Å². The van der Waals surface area contributed by atoms with Crippen LogP contribution in [0.3, 0.4) is 0 Å². The summed E-state index contributed by atoms with van der Waals surface area (Å²) in [5.74, 6) is -1.91. The van der Waals surface area contributed by atoms with Gasteiger partial charge in [-0.2, -0.15) is 5.10 Å². The molecule has 2 rings (SSSR count). The van der Waals surface area contributed by atoms with Crippen molar-refractivity contribution in [1.82, 2.24) is 10.6 Å². The average Bonchev–Trinajstić information content (AvgIpc) is 2.95. The largest absolute Gasteiger partial charge is 0.480 e. The molecule has 1 aliphatic rings. The molecule has 1 saturated heterocycles. The van der Waals surface area contributed by atoms with Crippen LogP contribution in [-0.2, 0) is 14.4 Å². The summed E-state index contributed by atoms with van der Waals surface area (Å²) in [7, 11) is 0. The van der Waals surface area contributed by atoms with Gasteiger partial charge < -0.3 is 15.7 Å². The number of benzene rings is 1. The zero-order chi connectivity index (χ0) is 18.9. The van der Waals surface area contributed by atoms with Crippen molar-refractivity contribution in [2.45, 2.75) is 37.5 Å². The minimum absolute atomic E-state index is 0.120. The Morgan fingerprint density at radius 3 is 2.77 bits per heavy atom. The standard InChI is InChI=1S/C17H20N4O4S/c1-2-6-12(16(24)25)19-14(22)9-13-15(23)20-17(26-13)21-18-10-11-7-4-3-5-8-11/h3-5,7-8,10,12-13H,2,6,9H2,1H3,(H,19,22)(H,24,25)(H,20,21,23)/b18-10-/t12-,13-/m0/s1. The second kappa shape index (κ2) is 9.71. The van der Waals surface area contributed by atoms with Crippen LogP contribution in [0.15, 0.2) is 40.5 Å². The van der Waals surface area contributed by atoms with Gasteiger partial charge in [-0.3, -0.25) is 9.59 Å². The molecule has 2 amide bonds. The number of rotatable bonds is 8. The van der Waals surface area contributed by atoms with Gasteiger partial charge in [0.1, 0.15) is 11.3 Å². The van der Waals surface area contributed by atoms with Crippen molar-refractivity contribution in [2.75, 3.05) is 0 Å². The molecule has 0 unspecified atom stereocenters. The van der Waals surface area contributed by atoms with Crippen molar-refractivity contribution < 1.29 is 19.5 Å². The van der Waals surface area contributed by atoms with Gasteiger partial charge in [0.25, 0.3) is 0 Å². The second-order valence-electron chi connectivity index (χ2n) is 5.61. The van der Waals surface area contributed by atoms with E-state index in [4.69, 9.17) is 5.11 Å². The minimum Gasteiger partial charge on any atom is -0.480 e. The minimum atomic E-state index is -1.08. The fraction of sp³-hybridized carbons (Fsp3) is 0.353. The summed E-state index contributed by atoms with van der Waals surface area (Å²) < 4.78 is 0. The number of thioether (sulfide) groups is 1. The van der Waals surface area contributed by atoms with Gasteiger partial charge in [-0.1, -0.05) is 55.4 Å². The lowest BCUT2D eigenvalue weighted by Crippen LogP contribution is -2.42. The van der Waals surface area contributed by atoms with E-state index in [1.54, 1.807) is 6.21 Å². The molecule has 0 bridgehead atoms. The molecule has 138 valence electrons. The topological polar surface area (TPSA) is 120 Å². The van der Waals surface area contributed by atoms with Gasteiger partial charge in [0, 0.05) is 6.42 Å². The summed E-state index contributed by atoms with van der Waals surface area (Å²) >= 11 is 1.10. The Bertz CT molecular complexity index is 721. The third kappa shape index (κ3) is 5.99. The third-order valence-corrected chi connectivity index (χ3v) is 4.59. The number of hydrogen-bond donors (Lipinski definition) is 3. The number of carbonyl (C=O) groups excluding carboxylic acids is 2. The van der Waals surface area contributed by atoms with Crippen LogP contribution in [0.5, 0.6) is 0 Å². The number of carbonyl (C=O) groups is 3. The van der Waals surface area contributed by atoms with Gasteiger partial charge in [0.2, 0.25) is 11.8 Å². The smallest absolute Gasteiger partial charge is 0.326 e. The Kier molecular flexibility index (Phi) is 7.34. The number of nitrogens with one attached hydrogen (secondary N) is 2. The van der Waals surface area contributed by atoms with Crippen LogP contribution in [0.25, 0.3) is 0 Å². The Balaban J connectivity index is 1.88. The van der Waals surface area contributed by atoms with Crippen LogP contribution in [0, 0.1) is 0 Å². The first-order valence-electron chi connectivity index (χ1n) is 8.15. The van der Waals surface area contributed by atoms with Gasteiger partial charge in [-0.25, -0.2) is 4.79 Å². The van der Waals surface area contributed by atoms with Crippen LogP contribution in [0.4, 0.5) is 0 Å². The fourth-order valence-corrected chi connectivity index (χ4v) is 3.17. The predicted octanol–water partition coefficient (Wildman–Crippen LogP) is 1.37. The summed E-state index contributed by atoms with van der Waals surface area (Å²) in [6.45, 7) is 1.83. The molecule has 0 aliphatic carbocycles. The van der Waals surface area contributed by atoms with E-state index in [1.165, 1.54) is 0 Å². The summed E-state index contributed by atoms with van der Waals surface area (Å²) in [6, 6.07) is 8.43. The number of carboxylic acids is 1. The number of aliphatic carboxylic acids is 1. The van der Waals surface area contributed by atoms with Gasteiger partial charge >= 0.3 is 5.97 Å². The van der Waals surface area contributed by atoms with Crippen LogP contribution >= 0.6 is 11.8 Å². The number of hydrogen-bond acceptors (Lipinski definition) is 6. The highest BCUT2D eigenvalue weighted by molar-refractivity contribution is 8.15. The van der Waals surface area contributed by atoms with Crippen LogP contribution in [0.2, 0.25) is 0 Å². The van der Waals surface area contributed by atoms with E-state index < -0.39 is 23.2 Å². The highest BCUT2D eigenvalue weighted by Crippen LogP contribution is 2.22. The second-order valence-corrected chi connectivity index (χ2v) is 6.80. The van der Waals surface area contributed by atoms with Gasteiger partial charge in [0.05, 0.1) is 6.21 Å². The van der Waals surface area contributed by atoms with Gasteiger partial charge in [0.15, 0.2) is 5.17 Å². The lowest BCUT2D eigenvalue weighted by molar-refractivity contribution is -0.142. The first-order valence-corrected chi connectivity index (χ1v) is 9.03. The van der Waals surface area contributed by atoms with E-state index in [1.807, 2.05) is 37.3 Å². The number of amides is 2. The molecule has 8 nitrogen and oxygen atoms in total. The zero-order valence-electron chi connectivity index (χ0n) is 14.2.